The molecule has 3 aromatic rings. The molecule has 0 atom stereocenters. The van der Waals surface area contributed by atoms with Crippen LogP contribution < -0.4 is 16.4 Å². The number of H-pyrrole nitrogens is 1. The van der Waals surface area contributed by atoms with Crippen LogP contribution in [0.15, 0.2) is 47.3 Å². The van der Waals surface area contributed by atoms with E-state index < -0.39 is 5.91 Å². The maximum absolute atomic E-state index is 12.2. The third kappa shape index (κ3) is 3.33. The van der Waals surface area contributed by atoms with Gasteiger partial charge in [-0.1, -0.05) is 53.0 Å². The van der Waals surface area contributed by atoms with Gasteiger partial charge in [-0.05, 0) is 29.7 Å². The van der Waals surface area contributed by atoms with E-state index in [4.69, 9.17) is 34.8 Å². The summed E-state index contributed by atoms with van der Waals surface area (Å²) >= 11 is 17.9. The van der Waals surface area contributed by atoms with Crippen LogP contribution >= 0.6 is 34.8 Å². The van der Waals surface area contributed by atoms with Crippen LogP contribution in [0.2, 0.25) is 15.1 Å². The summed E-state index contributed by atoms with van der Waals surface area (Å²) in [6.45, 7) is 0. The van der Waals surface area contributed by atoms with Gasteiger partial charge in [-0.25, -0.2) is 0 Å². The van der Waals surface area contributed by atoms with Gasteiger partial charge < -0.3 is 4.98 Å². The van der Waals surface area contributed by atoms with Crippen LogP contribution in [0, 0.1) is 0 Å². The van der Waals surface area contributed by atoms with Crippen molar-refractivity contribution in [1.82, 2.24) is 10.4 Å². The molecule has 0 radical (unpaired) electrons. The number of carbonyl (C=O) groups excluding carboxylic acids is 1. The maximum atomic E-state index is 12.2. The number of hydrogen-bond acceptors (Lipinski definition) is 3. The molecule has 3 N–H and O–H groups in total. The summed E-state index contributed by atoms with van der Waals surface area (Å²) in [6, 6.07) is 11.5. The Balaban J connectivity index is 1.85. The number of aromatic amines is 1. The molecule has 0 saturated heterocycles. The Morgan fingerprint density at radius 2 is 1.67 bits per heavy atom. The molecule has 122 valence electrons. The topological polar surface area (TPSA) is 74.0 Å². The van der Waals surface area contributed by atoms with Gasteiger partial charge >= 0.3 is 0 Å². The molecule has 1 heterocycles. The number of halogens is 3. The van der Waals surface area contributed by atoms with Gasteiger partial charge in [-0.2, -0.15) is 0 Å². The SMILES string of the molecule is O=C(NNc1c(Cl)cc(Cl)cc1Cl)c1cc2ccccc2c(=O)[nH]1. The zero-order valence-corrected chi connectivity index (χ0v) is 14.3. The highest BCUT2D eigenvalue weighted by Gasteiger charge is 2.12. The minimum absolute atomic E-state index is 0.104. The summed E-state index contributed by atoms with van der Waals surface area (Å²) in [7, 11) is 0. The fraction of sp³-hybridized carbons (Fsp3) is 0. The summed E-state index contributed by atoms with van der Waals surface area (Å²) in [6.07, 6.45) is 0. The van der Waals surface area contributed by atoms with Crippen LogP contribution in [-0.2, 0) is 0 Å². The number of hydrogen-bond donors (Lipinski definition) is 3. The number of fused-ring (bicyclic) bond motifs is 1. The molecule has 24 heavy (non-hydrogen) atoms. The first-order valence-corrected chi connectivity index (χ1v) is 7.92. The highest BCUT2D eigenvalue weighted by molar-refractivity contribution is 6.41. The number of rotatable bonds is 3. The second-order valence-corrected chi connectivity index (χ2v) is 6.17. The molecule has 0 aliphatic heterocycles. The van der Waals surface area contributed by atoms with Crippen molar-refractivity contribution in [3.63, 3.8) is 0 Å². The fourth-order valence-corrected chi connectivity index (χ4v) is 3.09. The van der Waals surface area contributed by atoms with Crippen molar-refractivity contribution in [3.8, 4) is 0 Å². The molecule has 1 aromatic heterocycles. The Labute approximate surface area is 151 Å². The number of anilines is 1. The second-order valence-electron chi connectivity index (χ2n) is 4.92. The lowest BCUT2D eigenvalue weighted by Crippen LogP contribution is -2.31. The van der Waals surface area contributed by atoms with Gasteiger partial charge in [0.2, 0.25) is 0 Å². The van der Waals surface area contributed by atoms with Crippen LogP contribution in [0.1, 0.15) is 10.5 Å². The molecular weight excluding hydrogens is 373 g/mol. The quantitative estimate of drug-likeness (QED) is 0.593. The number of benzene rings is 2. The van der Waals surface area contributed by atoms with Crippen molar-refractivity contribution in [2.24, 2.45) is 0 Å². The van der Waals surface area contributed by atoms with Crippen LogP contribution in [0.4, 0.5) is 5.69 Å². The van der Waals surface area contributed by atoms with Crippen LogP contribution in [0.3, 0.4) is 0 Å². The lowest BCUT2D eigenvalue weighted by Gasteiger charge is -2.12. The smallest absolute Gasteiger partial charge is 0.286 e. The van der Waals surface area contributed by atoms with Gasteiger partial charge in [-0.15, -0.1) is 0 Å². The molecule has 0 bridgehead atoms. The second kappa shape index (κ2) is 6.73. The summed E-state index contributed by atoms with van der Waals surface area (Å²) in [5.41, 5.74) is 5.13. The van der Waals surface area contributed by atoms with E-state index in [2.05, 4.69) is 15.8 Å². The third-order valence-corrected chi connectivity index (χ3v) is 4.12. The average molecular weight is 383 g/mol. The first kappa shape index (κ1) is 16.6. The van der Waals surface area contributed by atoms with Gasteiger partial charge in [0.1, 0.15) is 5.69 Å². The van der Waals surface area contributed by atoms with E-state index >= 15 is 0 Å². The molecule has 0 saturated carbocycles. The Morgan fingerprint density at radius 1 is 1.00 bits per heavy atom. The van der Waals surface area contributed by atoms with Gasteiger partial charge in [0, 0.05) is 10.4 Å². The van der Waals surface area contributed by atoms with Gasteiger partial charge in [-0.3, -0.25) is 20.4 Å². The molecular formula is C16H10Cl3N3O2. The molecule has 1 amide bonds. The zero-order chi connectivity index (χ0) is 17.3. The number of aromatic nitrogens is 1. The average Bonchev–Trinajstić information content (AvgIpc) is 2.53. The van der Waals surface area contributed by atoms with Gasteiger partial charge in [0.05, 0.1) is 15.7 Å². The molecule has 0 fully saturated rings. The number of nitrogens with one attached hydrogen (secondary N) is 3. The summed E-state index contributed by atoms with van der Waals surface area (Å²) in [4.78, 5) is 26.8. The Bertz CT molecular complexity index is 978. The molecule has 0 unspecified atom stereocenters. The number of hydrazine groups is 1. The first-order valence-electron chi connectivity index (χ1n) is 6.78. The third-order valence-electron chi connectivity index (χ3n) is 3.31. The standard InChI is InChI=1S/C16H10Cl3N3O2/c17-9-6-11(18)14(12(19)7-9)21-22-16(24)13-5-8-3-1-2-4-10(8)15(23)20-13/h1-7,21H,(H,20,23)(H,22,24). The lowest BCUT2D eigenvalue weighted by atomic mass is 10.1. The van der Waals surface area contributed by atoms with Crippen LogP contribution in [-0.4, -0.2) is 10.9 Å². The molecule has 2 aromatic carbocycles. The van der Waals surface area contributed by atoms with Crippen molar-refractivity contribution in [2.75, 3.05) is 5.43 Å². The molecule has 0 aliphatic rings. The van der Waals surface area contributed by atoms with Crippen molar-refractivity contribution in [1.29, 1.82) is 0 Å². The Morgan fingerprint density at radius 3 is 2.38 bits per heavy atom. The van der Waals surface area contributed by atoms with Crippen LogP contribution in [0.5, 0.6) is 0 Å². The monoisotopic (exact) mass is 381 g/mol. The Kier molecular flexibility index (Phi) is 4.66. The minimum atomic E-state index is -0.542. The molecule has 3 rings (SSSR count). The predicted octanol–water partition coefficient (Wildman–Crippen LogP) is 4.25. The number of pyridine rings is 1. The first-order chi connectivity index (χ1) is 11.5. The lowest BCUT2D eigenvalue weighted by molar-refractivity contribution is 0.0957. The molecule has 5 nitrogen and oxygen atoms in total. The van der Waals surface area contributed by atoms with Crippen molar-refractivity contribution < 1.29 is 4.79 Å². The maximum Gasteiger partial charge on any atom is 0.286 e. The van der Waals surface area contributed by atoms with E-state index in [0.29, 0.717) is 21.5 Å². The largest absolute Gasteiger partial charge is 0.317 e. The summed E-state index contributed by atoms with van der Waals surface area (Å²) in [5.74, 6) is -0.542. The summed E-state index contributed by atoms with van der Waals surface area (Å²) in [5, 5.41) is 2.04. The van der Waals surface area contributed by atoms with Gasteiger partial charge in [0.15, 0.2) is 0 Å². The van der Waals surface area contributed by atoms with Crippen molar-refractivity contribution >= 4 is 57.2 Å². The molecule has 8 heteroatoms. The Hall–Kier alpha value is -2.21. The van der Waals surface area contributed by atoms with E-state index in [1.165, 1.54) is 12.1 Å². The van der Waals surface area contributed by atoms with Crippen molar-refractivity contribution in [3.05, 3.63) is 73.6 Å². The van der Waals surface area contributed by atoms with Crippen molar-refractivity contribution in [2.45, 2.75) is 0 Å². The minimum Gasteiger partial charge on any atom is -0.317 e. The number of amides is 1. The van der Waals surface area contributed by atoms with E-state index in [0.717, 1.165) is 0 Å². The van der Waals surface area contributed by atoms with E-state index in [1.54, 1.807) is 30.3 Å². The highest BCUT2D eigenvalue weighted by atomic mass is 35.5. The summed E-state index contributed by atoms with van der Waals surface area (Å²) < 4.78 is 0. The van der Waals surface area contributed by atoms with E-state index in [9.17, 15) is 9.59 Å². The highest BCUT2D eigenvalue weighted by Crippen LogP contribution is 2.33. The normalized spacial score (nSPS) is 10.6. The number of carbonyl (C=O) groups is 1. The zero-order valence-electron chi connectivity index (χ0n) is 12.0. The van der Waals surface area contributed by atoms with E-state index in [-0.39, 0.29) is 21.3 Å². The van der Waals surface area contributed by atoms with E-state index in [1.807, 2.05) is 0 Å². The molecule has 0 spiro atoms. The fourth-order valence-electron chi connectivity index (χ4n) is 2.18. The molecule has 0 aliphatic carbocycles. The van der Waals surface area contributed by atoms with Gasteiger partial charge in [0.25, 0.3) is 11.5 Å². The van der Waals surface area contributed by atoms with Crippen LogP contribution in [0.25, 0.3) is 10.8 Å². The predicted molar refractivity (Wildman–Crippen MR) is 97.1 cm³/mol.